The molecule has 132 valence electrons. The molecule has 3 aromatic rings. The second-order valence-corrected chi connectivity index (χ2v) is 5.82. The lowest BCUT2D eigenvalue weighted by Gasteiger charge is -2.21. The SMILES string of the molecule is N#CCCN(Cc1cccnc1)C(=O)CCn1c(=O)oc2ccccc21. The van der Waals surface area contributed by atoms with Crippen molar-refractivity contribution in [2.24, 2.45) is 0 Å². The largest absolute Gasteiger partial charge is 0.419 e. The number of carbonyl (C=O) groups excluding carboxylic acids is 1. The van der Waals surface area contributed by atoms with E-state index in [4.69, 9.17) is 9.68 Å². The summed E-state index contributed by atoms with van der Waals surface area (Å²) in [5.74, 6) is -0.601. The number of aromatic nitrogens is 2. The molecule has 2 aromatic heterocycles. The zero-order valence-electron chi connectivity index (χ0n) is 14.2. The predicted octanol–water partition coefficient (Wildman–Crippen LogP) is 2.32. The predicted molar refractivity (Wildman–Crippen MR) is 95.0 cm³/mol. The lowest BCUT2D eigenvalue weighted by Crippen LogP contribution is -2.32. The third kappa shape index (κ3) is 3.98. The van der Waals surface area contributed by atoms with Crippen LogP contribution in [0, 0.1) is 11.3 Å². The molecular formula is C19H18N4O3. The third-order valence-electron chi connectivity index (χ3n) is 4.07. The second kappa shape index (κ2) is 8.12. The molecule has 0 aliphatic heterocycles. The molecule has 0 N–H and O–H groups in total. The summed E-state index contributed by atoms with van der Waals surface area (Å²) < 4.78 is 6.64. The molecule has 0 radical (unpaired) electrons. The lowest BCUT2D eigenvalue weighted by atomic mass is 10.2. The van der Waals surface area contributed by atoms with Gasteiger partial charge in [-0.05, 0) is 23.8 Å². The van der Waals surface area contributed by atoms with Gasteiger partial charge in [0.25, 0.3) is 0 Å². The highest BCUT2D eigenvalue weighted by Crippen LogP contribution is 2.13. The van der Waals surface area contributed by atoms with Crippen LogP contribution in [0.2, 0.25) is 0 Å². The van der Waals surface area contributed by atoms with E-state index in [2.05, 4.69) is 11.1 Å². The Balaban J connectivity index is 1.71. The fraction of sp³-hybridized carbons (Fsp3) is 0.263. The third-order valence-corrected chi connectivity index (χ3v) is 4.07. The van der Waals surface area contributed by atoms with Crippen LogP contribution >= 0.6 is 0 Å². The summed E-state index contributed by atoms with van der Waals surface area (Å²) in [6.45, 7) is 0.950. The normalized spacial score (nSPS) is 10.6. The van der Waals surface area contributed by atoms with E-state index in [-0.39, 0.29) is 25.3 Å². The molecule has 3 rings (SSSR count). The molecule has 1 amide bonds. The monoisotopic (exact) mass is 350 g/mol. The van der Waals surface area contributed by atoms with Crippen LogP contribution in [0.15, 0.2) is 58.0 Å². The van der Waals surface area contributed by atoms with Crippen molar-refractivity contribution in [1.29, 1.82) is 5.26 Å². The van der Waals surface area contributed by atoms with E-state index in [0.717, 1.165) is 5.56 Å². The molecule has 26 heavy (non-hydrogen) atoms. The second-order valence-electron chi connectivity index (χ2n) is 5.82. The maximum Gasteiger partial charge on any atom is 0.419 e. The zero-order chi connectivity index (χ0) is 18.4. The Bertz CT molecular complexity index is 985. The van der Waals surface area contributed by atoms with Crippen LogP contribution in [0.4, 0.5) is 0 Å². The van der Waals surface area contributed by atoms with Crippen LogP contribution in [0.1, 0.15) is 18.4 Å². The topological polar surface area (TPSA) is 92.1 Å². The molecule has 1 aromatic carbocycles. The highest BCUT2D eigenvalue weighted by Gasteiger charge is 2.16. The minimum atomic E-state index is -0.477. The maximum atomic E-state index is 12.6. The van der Waals surface area contributed by atoms with Crippen molar-refractivity contribution >= 4 is 17.0 Å². The Hall–Kier alpha value is -3.40. The fourth-order valence-electron chi connectivity index (χ4n) is 2.78. The first-order chi connectivity index (χ1) is 12.7. The first kappa shape index (κ1) is 17.4. The Kier molecular flexibility index (Phi) is 5.44. The van der Waals surface area contributed by atoms with Crippen molar-refractivity contribution < 1.29 is 9.21 Å². The van der Waals surface area contributed by atoms with Gasteiger partial charge in [0.15, 0.2) is 5.58 Å². The van der Waals surface area contributed by atoms with Gasteiger partial charge in [-0.1, -0.05) is 18.2 Å². The molecule has 0 bridgehead atoms. The molecule has 0 aliphatic carbocycles. The number of benzene rings is 1. The summed E-state index contributed by atoms with van der Waals surface area (Å²) >= 11 is 0. The van der Waals surface area contributed by atoms with Crippen molar-refractivity contribution in [3.05, 3.63) is 64.9 Å². The van der Waals surface area contributed by atoms with Gasteiger partial charge < -0.3 is 9.32 Å². The van der Waals surface area contributed by atoms with Gasteiger partial charge >= 0.3 is 5.76 Å². The summed E-state index contributed by atoms with van der Waals surface area (Å²) in [5.41, 5.74) is 2.06. The van der Waals surface area contributed by atoms with E-state index in [0.29, 0.717) is 24.2 Å². The summed E-state index contributed by atoms with van der Waals surface area (Å²) in [7, 11) is 0. The van der Waals surface area contributed by atoms with Gasteiger partial charge in [-0.3, -0.25) is 14.3 Å². The molecule has 0 saturated carbocycles. The van der Waals surface area contributed by atoms with Gasteiger partial charge in [0, 0.05) is 38.4 Å². The van der Waals surface area contributed by atoms with E-state index in [9.17, 15) is 9.59 Å². The first-order valence-corrected chi connectivity index (χ1v) is 8.31. The minimum Gasteiger partial charge on any atom is -0.408 e. The smallest absolute Gasteiger partial charge is 0.408 e. The highest BCUT2D eigenvalue weighted by molar-refractivity contribution is 5.77. The molecule has 7 nitrogen and oxygen atoms in total. The van der Waals surface area contributed by atoms with E-state index in [1.807, 2.05) is 12.1 Å². The molecule has 0 saturated heterocycles. The Morgan fingerprint density at radius 3 is 2.88 bits per heavy atom. The van der Waals surface area contributed by atoms with Gasteiger partial charge in [0.2, 0.25) is 5.91 Å². The molecule has 0 spiro atoms. The summed E-state index contributed by atoms with van der Waals surface area (Å²) in [6.07, 6.45) is 3.76. The van der Waals surface area contributed by atoms with Gasteiger partial charge in [-0.15, -0.1) is 0 Å². The molecule has 2 heterocycles. The van der Waals surface area contributed by atoms with Crippen LogP contribution in [0.3, 0.4) is 0 Å². The summed E-state index contributed by atoms with van der Waals surface area (Å²) in [6, 6.07) is 12.9. The number of fused-ring (bicyclic) bond motifs is 1. The molecule has 0 atom stereocenters. The van der Waals surface area contributed by atoms with E-state index < -0.39 is 5.76 Å². The van der Waals surface area contributed by atoms with Gasteiger partial charge in [-0.25, -0.2) is 4.79 Å². The average molecular weight is 350 g/mol. The maximum absolute atomic E-state index is 12.6. The van der Waals surface area contributed by atoms with Crippen molar-refractivity contribution in [2.75, 3.05) is 6.54 Å². The number of nitriles is 1. The van der Waals surface area contributed by atoms with E-state index in [1.165, 1.54) is 4.57 Å². The molecular weight excluding hydrogens is 332 g/mol. The number of hydrogen-bond acceptors (Lipinski definition) is 5. The number of amides is 1. The fourth-order valence-corrected chi connectivity index (χ4v) is 2.78. The van der Waals surface area contributed by atoms with E-state index >= 15 is 0 Å². The van der Waals surface area contributed by atoms with Gasteiger partial charge in [0.1, 0.15) is 0 Å². The standard InChI is InChI=1S/C19H18N4O3/c20-9-4-11-22(14-15-5-3-10-21-13-15)18(24)8-12-23-16-6-1-2-7-17(16)26-19(23)25/h1-3,5-7,10,13H,4,8,11-12,14H2. The Morgan fingerprint density at radius 1 is 1.27 bits per heavy atom. The number of oxazole rings is 1. The number of aryl methyl sites for hydroxylation is 1. The number of rotatable bonds is 7. The number of carbonyl (C=O) groups is 1. The van der Waals surface area contributed by atoms with Crippen molar-refractivity contribution in [1.82, 2.24) is 14.5 Å². The summed E-state index contributed by atoms with van der Waals surface area (Å²) in [5, 5.41) is 8.84. The van der Waals surface area contributed by atoms with Crippen molar-refractivity contribution in [2.45, 2.75) is 25.9 Å². The lowest BCUT2D eigenvalue weighted by molar-refractivity contribution is -0.132. The Labute approximate surface area is 150 Å². The van der Waals surface area contributed by atoms with Crippen molar-refractivity contribution in [3.8, 4) is 6.07 Å². The first-order valence-electron chi connectivity index (χ1n) is 8.31. The highest BCUT2D eigenvalue weighted by atomic mass is 16.4. The van der Waals surface area contributed by atoms with Gasteiger partial charge in [-0.2, -0.15) is 5.26 Å². The average Bonchev–Trinajstić information content (AvgIpc) is 2.99. The zero-order valence-corrected chi connectivity index (χ0v) is 14.2. The van der Waals surface area contributed by atoms with Crippen molar-refractivity contribution in [3.63, 3.8) is 0 Å². The van der Waals surface area contributed by atoms with Crippen LogP contribution in [0.5, 0.6) is 0 Å². The number of nitrogens with zero attached hydrogens (tertiary/aromatic N) is 4. The Morgan fingerprint density at radius 2 is 2.12 bits per heavy atom. The summed E-state index contributed by atoms with van der Waals surface area (Å²) in [4.78, 5) is 30.3. The molecule has 7 heteroatoms. The van der Waals surface area contributed by atoms with E-state index in [1.54, 1.807) is 41.6 Å². The van der Waals surface area contributed by atoms with Crippen LogP contribution in [-0.2, 0) is 17.9 Å². The number of para-hydroxylation sites is 2. The van der Waals surface area contributed by atoms with Crippen LogP contribution in [0.25, 0.3) is 11.1 Å². The quantitative estimate of drug-likeness (QED) is 0.652. The molecule has 0 fully saturated rings. The number of pyridine rings is 1. The van der Waals surface area contributed by atoms with Crippen LogP contribution < -0.4 is 5.76 Å². The minimum absolute atomic E-state index is 0.124. The van der Waals surface area contributed by atoms with Crippen LogP contribution in [-0.4, -0.2) is 26.9 Å². The molecule has 0 aliphatic rings. The number of hydrogen-bond donors (Lipinski definition) is 0. The molecule has 0 unspecified atom stereocenters. The van der Waals surface area contributed by atoms with Gasteiger partial charge in [0.05, 0.1) is 18.0 Å².